The van der Waals surface area contributed by atoms with E-state index in [1.54, 1.807) is 23.5 Å². The maximum atomic E-state index is 11.6. The van der Waals surface area contributed by atoms with Gasteiger partial charge in [0.05, 0.1) is 9.90 Å². The van der Waals surface area contributed by atoms with Crippen LogP contribution >= 0.6 is 11.3 Å². The van der Waals surface area contributed by atoms with Gasteiger partial charge >= 0.3 is 0 Å². The molecule has 1 aliphatic heterocycles. The molecule has 0 radical (unpaired) electrons. The second kappa shape index (κ2) is 10.1. The van der Waals surface area contributed by atoms with Gasteiger partial charge in [0.1, 0.15) is 0 Å². The molecule has 2 N–H and O–H groups in total. The van der Waals surface area contributed by atoms with Gasteiger partial charge in [0.25, 0.3) is 0 Å². The first-order chi connectivity index (χ1) is 14.0. The quantitative estimate of drug-likeness (QED) is 0.518. The average Bonchev–Trinajstić information content (AvgIpc) is 3.23. The molecule has 0 saturated carbocycles. The third kappa shape index (κ3) is 6.47. The summed E-state index contributed by atoms with van der Waals surface area (Å²) in [5.74, 6) is 0.856. The van der Waals surface area contributed by atoms with Crippen LogP contribution in [-0.4, -0.2) is 52.9 Å². The Balaban J connectivity index is 1.49. The number of piperidine rings is 1. The van der Waals surface area contributed by atoms with Crippen LogP contribution in [-0.2, 0) is 16.3 Å². The molecule has 1 fully saturated rings. The van der Waals surface area contributed by atoms with Gasteiger partial charge in [0.15, 0.2) is 15.8 Å². The third-order valence-electron chi connectivity index (χ3n) is 5.02. The van der Waals surface area contributed by atoms with Crippen molar-refractivity contribution in [1.82, 2.24) is 10.6 Å². The topological polar surface area (TPSA) is 73.8 Å². The van der Waals surface area contributed by atoms with Gasteiger partial charge < -0.3 is 15.5 Å². The predicted molar refractivity (Wildman–Crippen MR) is 122 cm³/mol. The van der Waals surface area contributed by atoms with E-state index in [-0.39, 0.29) is 0 Å². The second-order valence-electron chi connectivity index (χ2n) is 7.28. The summed E-state index contributed by atoms with van der Waals surface area (Å²) in [6.07, 6.45) is 4.19. The molecule has 0 unspecified atom stereocenters. The number of anilines is 1. The highest BCUT2D eigenvalue weighted by Crippen LogP contribution is 2.24. The van der Waals surface area contributed by atoms with Gasteiger partial charge in [-0.1, -0.05) is 12.1 Å². The number of nitrogens with one attached hydrogen (secondary N) is 2. The highest BCUT2D eigenvalue weighted by Gasteiger charge is 2.20. The number of guanidine groups is 1. The van der Waals surface area contributed by atoms with Gasteiger partial charge in [-0.15, -0.1) is 11.3 Å². The fourth-order valence-electron chi connectivity index (χ4n) is 3.41. The molecule has 0 aliphatic carbocycles. The van der Waals surface area contributed by atoms with E-state index >= 15 is 0 Å². The number of thiophene rings is 1. The van der Waals surface area contributed by atoms with Gasteiger partial charge in [-0.2, -0.15) is 0 Å². The number of nitrogens with zero attached hydrogens (tertiary/aromatic N) is 2. The lowest BCUT2D eigenvalue weighted by molar-refractivity contribution is 0.463. The van der Waals surface area contributed by atoms with Crippen LogP contribution < -0.4 is 15.5 Å². The van der Waals surface area contributed by atoms with Gasteiger partial charge in [-0.3, -0.25) is 4.99 Å². The lowest BCUT2D eigenvalue weighted by Gasteiger charge is -2.33. The smallest absolute Gasteiger partial charge is 0.191 e. The predicted octanol–water partition coefficient (Wildman–Crippen LogP) is 2.92. The van der Waals surface area contributed by atoms with Crippen LogP contribution in [0.5, 0.6) is 0 Å². The Morgan fingerprint density at radius 3 is 2.52 bits per heavy atom. The fraction of sp³-hybridized carbons (Fsp3) is 0.476. The number of benzene rings is 1. The van der Waals surface area contributed by atoms with Crippen molar-refractivity contribution in [2.24, 2.45) is 4.99 Å². The monoisotopic (exact) mass is 434 g/mol. The molecule has 29 heavy (non-hydrogen) atoms. The van der Waals surface area contributed by atoms with Crippen molar-refractivity contribution >= 4 is 32.1 Å². The van der Waals surface area contributed by atoms with Crippen molar-refractivity contribution < 1.29 is 8.42 Å². The first-order valence-corrected chi connectivity index (χ1v) is 12.8. The van der Waals surface area contributed by atoms with Crippen LogP contribution in [0, 0.1) is 0 Å². The van der Waals surface area contributed by atoms with Crippen molar-refractivity contribution in [3.8, 4) is 0 Å². The molecule has 1 aromatic carbocycles. The highest BCUT2D eigenvalue weighted by atomic mass is 32.2. The summed E-state index contributed by atoms with van der Waals surface area (Å²) in [4.78, 5) is 7.51. The van der Waals surface area contributed by atoms with Crippen LogP contribution in [0.2, 0.25) is 0 Å². The zero-order chi connectivity index (χ0) is 20.7. The summed E-state index contributed by atoms with van der Waals surface area (Å²) >= 11 is 1.80. The molecule has 1 aliphatic rings. The van der Waals surface area contributed by atoms with Gasteiger partial charge in [-0.05, 0) is 61.4 Å². The van der Waals surface area contributed by atoms with E-state index in [2.05, 4.69) is 40.0 Å². The standard InChI is InChI=1S/C21H30N4O2S2/c1-3-22-21(23-13-10-17-6-8-19(9-7-17)29(2,26)27)24-18-11-14-25(15-12-18)20-5-4-16-28-20/h4-9,16,18H,3,10-15H2,1-2H3,(H2,22,23,24). The fourth-order valence-corrected chi connectivity index (χ4v) is 4.82. The van der Waals surface area contributed by atoms with Crippen molar-refractivity contribution in [1.29, 1.82) is 0 Å². The molecule has 2 heterocycles. The van der Waals surface area contributed by atoms with Crippen LogP contribution in [0.3, 0.4) is 0 Å². The lowest BCUT2D eigenvalue weighted by Crippen LogP contribution is -2.48. The van der Waals surface area contributed by atoms with Crippen molar-refractivity contribution in [2.75, 3.05) is 37.3 Å². The van der Waals surface area contributed by atoms with Gasteiger partial charge in [-0.25, -0.2) is 8.42 Å². The number of aliphatic imine (C=N–C) groups is 1. The molecule has 3 rings (SSSR count). The summed E-state index contributed by atoms with van der Waals surface area (Å²) in [6.45, 7) is 5.67. The number of hydrogen-bond donors (Lipinski definition) is 2. The zero-order valence-corrected chi connectivity index (χ0v) is 18.7. The normalized spacial score (nSPS) is 16.1. The molecule has 1 saturated heterocycles. The first kappa shape index (κ1) is 21.6. The maximum Gasteiger partial charge on any atom is 0.191 e. The third-order valence-corrected chi connectivity index (χ3v) is 7.08. The Hall–Kier alpha value is -2.06. The molecule has 6 nitrogen and oxygen atoms in total. The minimum Gasteiger partial charge on any atom is -0.363 e. The lowest BCUT2D eigenvalue weighted by atomic mass is 10.1. The van der Waals surface area contributed by atoms with E-state index in [4.69, 9.17) is 4.99 Å². The van der Waals surface area contributed by atoms with Crippen LogP contribution in [0.15, 0.2) is 51.7 Å². The Labute approximate surface area is 178 Å². The minimum atomic E-state index is -3.15. The molecule has 158 valence electrons. The summed E-state index contributed by atoms with van der Waals surface area (Å²) < 4.78 is 23.1. The minimum absolute atomic E-state index is 0.355. The van der Waals surface area contributed by atoms with E-state index in [0.29, 0.717) is 17.5 Å². The summed E-state index contributed by atoms with van der Waals surface area (Å²) in [5, 5.41) is 10.4. The first-order valence-electron chi connectivity index (χ1n) is 10.1. The Morgan fingerprint density at radius 1 is 1.21 bits per heavy atom. The summed E-state index contributed by atoms with van der Waals surface area (Å²) in [5.41, 5.74) is 1.08. The van der Waals surface area contributed by atoms with Gasteiger partial charge in [0, 0.05) is 38.5 Å². The van der Waals surface area contributed by atoms with E-state index in [0.717, 1.165) is 50.4 Å². The molecular formula is C21H30N4O2S2. The van der Waals surface area contributed by atoms with Gasteiger partial charge in [0.2, 0.25) is 0 Å². The van der Waals surface area contributed by atoms with Crippen LogP contribution in [0.1, 0.15) is 25.3 Å². The maximum absolute atomic E-state index is 11.6. The molecule has 2 aromatic rings. The SMILES string of the molecule is CCNC(=NCCc1ccc(S(C)(=O)=O)cc1)NC1CCN(c2cccs2)CC1. The molecule has 0 spiro atoms. The van der Waals surface area contributed by atoms with E-state index < -0.39 is 9.84 Å². The highest BCUT2D eigenvalue weighted by molar-refractivity contribution is 7.90. The molecule has 0 bridgehead atoms. The Morgan fingerprint density at radius 2 is 1.93 bits per heavy atom. The number of rotatable bonds is 7. The van der Waals surface area contributed by atoms with E-state index in [1.807, 2.05) is 12.1 Å². The van der Waals surface area contributed by atoms with Crippen molar-refractivity contribution in [2.45, 2.75) is 37.1 Å². The van der Waals surface area contributed by atoms with Crippen molar-refractivity contribution in [3.05, 3.63) is 47.3 Å². The Kier molecular flexibility index (Phi) is 7.55. The molecule has 8 heteroatoms. The molecular weight excluding hydrogens is 404 g/mol. The van der Waals surface area contributed by atoms with Crippen LogP contribution in [0.25, 0.3) is 0 Å². The summed E-state index contributed by atoms with van der Waals surface area (Å²) in [7, 11) is -3.15. The average molecular weight is 435 g/mol. The van der Waals surface area contributed by atoms with E-state index in [1.165, 1.54) is 11.3 Å². The number of sulfone groups is 1. The van der Waals surface area contributed by atoms with Crippen LogP contribution in [0.4, 0.5) is 5.00 Å². The molecule has 0 atom stereocenters. The Bertz CT molecular complexity index is 885. The van der Waals surface area contributed by atoms with Crippen molar-refractivity contribution in [3.63, 3.8) is 0 Å². The second-order valence-corrected chi connectivity index (χ2v) is 10.2. The summed E-state index contributed by atoms with van der Waals surface area (Å²) in [6, 6.07) is 11.8. The molecule has 0 amide bonds. The largest absolute Gasteiger partial charge is 0.363 e. The van der Waals surface area contributed by atoms with E-state index in [9.17, 15) is 8.42 Å². The zero-order valence-electron chi connectivity index (χ0n) is 17.1. The number of hydrogen-bond acceptors (Lipinski definition) is 5. The molecule has 1 aromatic heterocycles.